The van der Waals surface area contributed by atoms with E-state index in [0.29, 0.717) is 56.1 Å². The predicted molar refractivity (Wildman–Crippen MR) is 124 cm³/mol. The number of anilines is 1. The number of nitrogens with zero attached hydrogens (tertiary/aromatic N) is 2. The standard InChI is InChI=1S/C23H29N3O4S2/c1-16-2-5-18(14-21(16)32(28,29)26-9-11-30-12-10-26)24-22(27)15-25-8-6-20-19(7-13-31-20)23(25)17-3-4-17/h2,5,7,13-14,17,23H,3-4,6,8-12,15H2,1H3,(H,24,27)/t23-/m0/s1. The maximum atomic E-state index is 13.1. The average molecular weight is 476 g/mol. The van der Waals surface area contributed by atoms with Crippen molar-refractivity contribution in [2.24, 2.45) is 5.92 Å². The summed E-state index contributed by atoms with van der Waals surface area (Å²) in [6.45, 7) is 4.48. The van der Waals surface area contributed by atoms with Crippen LogP contribution in [0.4, 0.5) is 5.69 Å². The van der Waals surface area contributed by atoms with Crippen LogP contribution in [0.15, 0.2) is 34.5 Å². The van der Waals surface area contributed by atoms with Gasteiger partial charge in [-0.05, 0) is 66.8 Å². The molecule has 3 heterocycles. The lowest BCUT2D eigenvalue weighted by molar-refractivity contribution is -0.118. The maximum Gasteiger partial charge on any atom is 0.243 e. The summed E-state index contributed by atoms with van der Waals surface area (Å²) in [5, 5.41) is 5.10. The van der Waals surface area contributed by atoms with Gasteiger partial charge in [-0.1, -0.05) is 6.07 Å². The van der Waals surface area contributed by atoms with Crippen molar-refractivity contribution in [2.45, 2.75) is 37.1 Å². The van der Waals surface area contributed by atoms with Gasteiger partial charge in [0.25, 0.3) is 0 Å². The summed E-state index contributed by atoms with van der Waals surface area (Å²) in [6, 6.07) is 7.66. The highest BCUT2D eigenvalue weighted by Gasteiger charge is 2.40. The highest BCUT2D eigenvalue weighted by molar-refractivity contribution is 7.89. The van der Waals surface area contributed by atoms with Crippen molar-refractivity contribution in [1.29, 1.82) is 0 Å². The lowest BCUT2D eigenvalue weighted by Crippen LogP contribution is -2.41. The first kappa shape index (κ1) is 22.0. The van der Waals surface area contributed by atoms with E-state index in [0.717, 1.165) is 13.0 Å². The van der Waals surface area contributed by atoms with Crippen LogP contribution in [0, 0.1) is 12.8 Å². The third-order valence-corrected chi connectivity index (χ3v) is 9.63. The molecule has 1 saturated carbocycles. The molecule has 1 aliphatic carbocycles. The molecule has 172 valence electrons. The maximum absolute atomic E-state index is 13.1. The van der Waals surface area contributed by atoms with Gasteiger partial charge in [-0.25, -0.2) is 8.42 Å². The second-order valence-electron chi connectivity index (χ2n) is 8.85. The van der Waals surface area contributed by atoms with Gasteiger partial charge < -0.3 is 10.1 Å². The number of nitrogens with one attached hydrogen (secondary N) is 1. The Morgan fingerprint density at radius 3 is 2.72 bits per heavy atom. The van der Waals surface area contributed by atoms with Crippen LogP contribution in [0.3, 0.4) is 0 Å². The Labute approximate surface area is 193 Å². The average Bonchev–Trinajstić information content (AvgIpc) is 3.51. The first-order valence-corrected chi connectivity index (χ1v) is 13.5. The van der Waals surface area contributed by atoms with E-state index in [2.05, 4.69) is 21.7 Å². The molecule has 1 amide bonds. The first-order valence-electron chi connectivity index (χ1n) is 11.2. The zero-order valence-corrected chi connectivity index (χ0v) is 19.9. The SMILES string of the molecule is Cc1ccc(NC(=O)CN2CCc3sccc3[C@@H]2C2CC2)cc1S(=O)(=O)N1CCOCC1. The minimum absolute atomic E-state index is 0.104. The third kappa shape index (κ3) is 4.36. The number of morpholine rings is 1. The van der Waals surface area contributed by atoms with Crippen molar-refractivity contribution in [3.63, 3.8) is 0 Å². The second kappa shape index (κ2) is 8.87. The summed E-state index contributed by atoms with van der Waals surface area (Å²) < 4.78 is 33.0. The van der Waals surface area contributed by atoms with E-state index >= 15 is 0 Å². The van der Waals surface area contributed by atoms with Crippen LogP contribution < -0.4 is 5.32 Å². The molecule has 32 heavy (non-hydrogen) atoms. The van der Waals surface area contributed by atoms with Gasteiger partial charge in [0, 0.05) is 36.2 Å². The van der Waals surface area contributed by atoms with Crippen molar-refractivity contribution >= 4 is 33.0 Å². The Bertz CT molecular complexity index is 1100. The molecule has 1 aromatic heterocycles. The fraction of sp³-hybridized carbons (Fsp3) is 0.522. The Balaban J connectivity index is 1.30. The summed E-state index contributed by atoms with van der Waals surface area (Å²) in [6.07, 6.45) is 3.42. The smallest absolute Gasteiger partial charge is 0.243 e. The first-order chi connectivity index (χ1) is 15.4. The summed E-state index contributed by atoms with van der Waals surface area (Å²) in [5.41, 5.74) is 2.58. The van der Waals surface area contributed by atoms with Gasteiger partial charge >= 0.3 is 0 Å². The number of fused-ring (bicyclic) bond motifs is 1. The van der Waals surface area contributed by atoms with E-state index in [1.54, 1.807) is 25.1 Å². The van der Waals surface area contributed by atoms with Crippen LogP contribution >= 0.6 is 11.3 Å². The van der Waals surface area contributed by atoms with Gasteiger partial charge in [0.2, 0.25) is 15.9 Å². The van der Waals surface area contributed by atoms with Gasteiger partial charge in [-0.2, -0.15) is 4.31 Å². The van der Waals surface area contributed by atoms with Gasteiger partial charge in [0.1, 0.15) is 0 Å². The fourth-order valence-corrected chi connectivity index (χ4v) is 7.38. The Hall–Kier alpha value is -1.78. The van der Waals surface area contributed by atoms with Gasteiger partial charge in [0.05, 0.1) is 24.7 Å². The molecule has 2 fully saturated rings. The predicted octanol–water partition coefficient (Wildman–Crippen LogP) is 3.03. The molecular formula is C23H29N3O4S2. The number of carbonyl (C=O) groups is 1. The molecule has 1 N–H and O–H groups in total. The number of hydrogen-bond acceptors (Lipinski definition) is 6. The number of hydrogen-bond donors (Lipinski definition) is 1. The number of aryl methyl sites for hydroxylation is 1. The number of thiophene rings is 1. The highest BCUT2D eigenvalue weighted by atomic mass is 32.2. The Kier molecular flexibility index (Phi) is 6.11. The van der Waals surface area contributed by atoms with Crippen LogP contribution in [0.2, 0.25) is 0 Å². The molecule has 0 bridgehead atoms. The van der Waals surface area contributed by atoms with Crippen molar-refractivity contribution < 1.29 is 17.9 Å². The summed E-state index contributed by atoms with van der Waals surface area (Å²) >= 11 is 1.82. The molecule has 1 saturated heterocycles. The van der Waals surface area contributed by atoms with Gasteiger partial charge in [-0.15, -0.1) is 11.3 Å². The zero-order chi connectivity index (χ0) is 22.3. The number of benzene rings is 1. The van der Waals surface area contributed by atoms with E-state index in [1.165, 1.54) is 27.6 Å². The Morgan fingerprint density at radius 2 is 1.97 bits per heavy atom. The van der Waals surface area contributed by atoms with E-state index in [9.17, 15) is 13.2 Å². The number of rotatable bonds is 6. The summed E-state index contributed by atoms with van der Waals surface area (Å²) in [5.74, 6) is 0.536. The molecule has 9 heteroatoms. The van der Waals surface area contributed by atoms with Crippen LogP contribution in [-0.2, 0) is 26.0 Å². The molecule has 3 aliphatic rings. The summed E-state index contributed by atoms with van der Waals surface area (Å²) in [4.78, 5) is 16.9. The second-order valence-corrected chi connectivity index (χ2v) is 11.8. The third-order valence-electron chi connectivity index (χ3n) is 6.59. The van der Waals surface area contributed by atoms with Crippen LogP contribution in [0.1, 0.15) is 34.9 Å². The minimum Gasteiger partial charge on any atom is -0.379 e. The largest absolute Gasteiger partial charge is 0.379 e. The molecule has 2 aliphatic heterocycles. The molecule has 0 radical (unpaired) electrons. The van der Waals surface area contributed by atoms with E-state index in [-0.39, 0.29) is 10.8 Å². The molecule has 0 unspecified atom stereocenters. The molecular weight excluding hydrogens is 446 g/mol. The van der Waals surface area contributed by atoms with Crippen LogP contribution in [0.5, 0.6) is 0 Å². The summed E-state index contributed by atoms with van der Waals surface area (Å²) in [7, 11) is -3.62. The topological polar surface area (TPSA) is 79.0 Å². The molecule has 5 rings (SSSR count). The van der Waals surface area contributed by atoms with Crippen molar-refractivity contribution in [3.8, 4) is 0 Å². The zero-order valence-electron chi connectivity index (χ0n) is 18.2. The fourth-order valence-electron chi connectivity index (χ4n) is 4.81. The molecule has 1 aromatic carbocycles. The lowest BCUT2D eigenvalue weighted by Gasteiger charge is -2.35. The lowest BCUT2D eigenvalue weighted by atomic mass is 9.96. The molecule has 1 atom stereocenters. The molecule has 2 aromatic rings. The monoisotopic (exact) mass is 475 g/mol. The number of amides is 1. The van der Waals surface area contributed by atoms with E-state index < -0.39 is 10.0 Å². The highest BCUT2D eigenvalue weighted by Crippen LogP contribution is 2.48. The van der Waals surface area contributed by atoms with Crippen LogP contribution in [-0.4, -0.2) is 62.9 Å². The number of ether oxygens (including phenoxy) is 1. The van der Waals surface area contributed by atoms with Crippen molar-refractivity contribution in [1.82, 2.24) is 9.21 Å². The van der Waals surface area contributed by atoms with E-state index in [4.69, 9.17) is 4.74 Å². The van der Waals surface area contributed by atoms with Crippen LogP contribution in [0.25, 0.3) is 0 Å². The normalized spacial score (nSPS) is 22.5. The van der Waals surface area contributed by atoms with E-state index in [1.807, 2.05) is 11.3 Å². The van der Waals surface area contributed by atoms with Gasteiger partial charge in [-0.3, -0.25) is 9.69 Å². The minimum atomic E-state index is -3.62. The van der Waals surface area contributed by atoms with Crippen molar-refractivity contribution in [3.05, 3.63) is 45.6 Å². The number of sulfonamides is 1. The number of carbonyl (C=O) groups excluding carboxylic acids is 1. The molecule has 0 spiro atoms. The quantitative estimate of drug-likeness (QED) is 0.695. The Morgan fingerprint density at radius 1 is 1.19 bits per heavy atom. The molecule has 7 nitrogen and oxygen atoms in total. The van der Waals surface area contributed by atoms with Crippen molar-refractivity contribution in [2.75, 3.05) is 44.7 Å². The van der Waals surface area contributed by atoms with Gasteiger partial charge in [0.15, 0.2) is 0 Å².